The summed E-state index contributed by atoms with van der Waals surface area (Å²) in [5, 5.41) is 0. The molecular formula is C8H15B. The lowest BCUT2D eigenvalue weighted by atomic mass is 9.77. The molecule has 9 heavy (non-hydrogen) atoms. The molecule has 1 heteroatoms. The quantitative estimate of drug-likeness (QED) is 0.468. The van der Waals surface area contributed by atoms with E-state index in [1.807, 2.05) is 0 Å². The van der Waals surface area contributed by atoms with E-state index in [9.17, 15) is 0 Å². The predicted molar refractivity (Wildman–Crippen MR) is 41.7 cm³/mol. The van der Waals surface area contributed by atoms with E-state index in [2.05, 4.69) is 6.92 Å². The van der Waals surface area contributed by atoms with Gasteiger partial charge in [-0.2, -0.15) is 0 Å². The van der Waals surface area contributed by atoms with Crippen LogP contribution in [0.2, 0.25) is 6.32 Å². The topological polar surface area (TPSA) is 0 Å². The summed E-state index contributed by atoms with van der Waals surface area (Å²) in [6, 6.07) is 0. The van der Waals surface area contributed by atoms with Gasteiger partial charge in [0.15, 0.2) is 0 Å². The molecule has 0 aromatic heterocycles. The summed E-state index contributed by atoms with van der Waals surface area (Å²) in [5.74, 6) is 1.81. The van der Waals surface area contributed by atoms with Crippen molar-refractivity contribution in [1.82, 2.24) is 0 Å². The Labute approximate surface area is 59.4 Å². The standard InChI is InChI=1S/C8H15B/c1-7-2-4-8(6-9)5-3-7/h7-8H,2-6H2,1H3. The van der Waals surface area contributed by atoms with E-state index in [1.54, 1.807) is 0 Å². The van der Waals surface area contributed by atoms with Gasteiger partial charge in [0, 0.05) is 0 Å². The van der Waals surface area contributed by atoms with E-state index in [4.69, 9.17) is 7.85 Å². The molecule has 1 aliphatic rings. The van der Waals surface area contributed by atoms with Crippen molar-refractivity contribution in [3.8, 4) is 0 Å². The average molecular weight is 122 g/mol. The molecule has 0 aromatic rings. The van der Waals surface area contributed by atoms with Crippen LogP contribution >= 0.6 is 0 Å². The number of hydrogen-bond acceptors (Lipinski definition) is 0. The molecule has 1 fully saturated rings. The Balaban J connectivity index is 2.18. The monoisotopic (exact) mass is 122 g/mol. The van der Waals surface area contributed by atoms with Crippen LogP contribution in [0.15, 0.2) is 0 Å². The van der Waals surface area contributed by atoms with Gasteiger partial charge in [0.25, 0.3) is 0 Å². The zero-order valence-electron chi connectivity index (χ0n) is 6.27. The van der Waals surface area contributed by atoms with Crippen molar-refractivity contribution in [3.05, 3.63) is 0 Å². The molecule has 0 aliphatic heterocycles. The molecule has 0 nitrogen and oxygen atoms in total. The fraction of sp³-hybridized carbons (Fsp3) is 1.00. The van der Waals surface area contributed by atoms with Crippen LogP contribution in [0.3, 0.4) is 0 Å². The summed E-state index contributed by atoms with van der Waals surface area (Å²) in [4.78, 5) is 0. The zero-order chi connectivity index (χ0) is 6.69. The van der Waals surface area contributed by atoms with Crippen molar-refractivity contribution in [2.75, 3.05) is 0 Å². The molecule has 0 spiro atoms. The van der Waals surface area contributed by atoms with E-state index in [0.717, 1.165) is 18.2 Å². The molecule has 1 aliphatic carbocycles. The first-order valence-corrected chi connectivity index (χ1v) is 4.03. The van der Waals surface area contributed by atoms with Gasteiger partial charge in [0.2, 0.25) is 0 Å². The Morgan fingerprint density at radius 3 is 2.22 bits per heavy atom. The first-order valence-electron chi connectivity index (χ1n) is 4.03. The minimum absolute atomic E-state index is 0.848. The van der Waals surface area contributed by atoms with Crippen molar-refractivity contribution in [3.63, 3.8) is 0 Å². The van der Waals surface area contributed by atoms with Crippen molar-refractivity contribution >= 4 is 7.85 Å². The lowest BCUT2D eigenvalue weighted by Crippen LogP contribution is -2.11. The third-order valence-corrected chi connectivity index (χ3v) is 2.47. The van der Waals surface area contributed by atoms with Gasteiger partial charge in [-0.05, 0) is 11.8 Å². The molecule has 0 bridgehead atoms. The van der Waals surface area contributed by atoms with Gasteiger partial charge in [-0.25, -0.2) is 0 Å². The lowest BCUT2D eigenvalue weighted by molar-refractivity contribution is 0.308. The summed E-state index contributed by atoms with van der Waals surface area (Å²) in [6.45, 7) is 2.34. The number of rotatable bonds is 1. The van der Waals surface area contributed by atoms with Gasteiger partial charge in [-0.3, -0.25) is 0 Å². The minimum atomic E-state index is 0.848. The Hall–Kier alpha value is 0.0649. The Morgan fingerprint density at radius 2 is 1.78 bits per heavy atom. The van der Waals surface area contributed by atoms with Crippen molar-refractivity contribution in [1.29, 1.82) is 0 Å². The fourth-order valence-electron chi connectivity index (χ4n) is 1.56. The summed E-state index contributed by atoms with van der Waals surface area (Å²) in [5.41, 5.74) is 0. The predicted octanol–water partition coefficient (Wildman–Crippen LogP) is 2.40. The molecule has 0 saturated heterocycles. The van der Waals surface area contributed by atoms with Crippen LogP contribution in [0, 0.1) is 11.8 Å². The van der Waals surface area contributed by atoms with Crippen LogP contribution in [0.1, 0.15) is 32.6 Å². The summed E-state index contributed by atoms with van der Waals surface area (Å²) in [6.07, 6.45) is 6.46. The summed E-state index contributed by atoms with van der Waals surface area (Å²) < 4.78 is 0. The first kappa shape index (κ1) is 7.18. The van der Waals surface area contributed by atoms with E-state index >= 15 is 0 Å². The van der Waals surface area contributed by atoms with Gasteiger partial charge in [-0.1, -0.05) is 38.9 Å². The minimum Gasteiger partial charge on any atom is -0.0859 e. The second-order valence-electron chi connectivity index (χ2n) is 3.36. The van der Waals surface area contributed by atoms with E-state index in [0.29, 0.717) is 0 Å². The van der Waals surface area contributed by atoms with E-state index < -0.39 is 0 Å². The van der Waals surface area contributed by atoms with Crippen LogP contribution in [-0.2, 0) is 0 Å². The summed E-state index contributed by atoms with van der Waals surface area (Å²) >= 11 is 0. The maximum absolute atomic E-state index is 5.55. The van der Waals surface area contributed by atoms with E-state index in [1.165, 1.54) is 25.7 Å². The van der Waals surface area contributed by atoms with Crippen molar-refractivity contribution in [2.24, 2.45) is 11.8 Å². The second-order valence-corrected chi connectivity index (χ2v) is 3.36. The Bertz CT molecular complexity index is 72.6. The molecule has 1 rings (SSSR count). The van der Waals surface area contributed by atoms with Crippen LogP contribution in [0.25, 0.3) is 0 Å². The Morgan fingerprint density at radius 1 is 1.22 bits per heavy atom. The third-order valence-electron chi connectivity index (χ3n) is 2.47. The second kappa shape index (κ2) is 3.29. The van der Waals surface area contributed by atoms with Gasteiger partial charge >= 0.3 is 0 Å². The highest BCUT2D eigenvalue weighted by Crippen LogP contribution is 2.29. The highest BCUT2D eigenvalue weighted by atomic mass is 14.2. The first-order chi connectivity index (χ1) is 4.33. The molecule has 0 unspecified atom stereocenters. The molecule has 0 atom stereocenters. The van der Waals surface area contributed by atoms with Gasteiger partial charge in [-0.15, -0.1) is 0 Å². The van der Waals surface area contributed by atoms with Crippen molar-refractivity contribution < 1.29 is 0 Å². The largest absolute Gasteiger partial charge is 0.0859 e. The number of hydrogen-bond donors (Lipinski definition) is 0. The molecule has 50 valence electrons. The molecule has 0 N–H and O–H groups in total. The normalized spacial score (nSPS) is 36.6. The summed E-state index contributed by atoms with van der Waals surface area (Å²) in [7, 11) is 5.55. The molecule has 0 heterocycles. The van der Waals surface area contributed by atoms with Gasteiger partial charge in [0.1, 0.15) is 0 Å². The Kier molecular flexibility index (Phi) is 2.62. The zero-order valence-corrected chi connectivity index (χ0v) is 6.27. The smallest absolute Gasteiger partial charge is 0.0656 e. The van der Waals surface area contributed by atoms with E-state index in [-0.39, 0.29) is 0 Å². The highest BCUT2D eigenvalue weighted by Gasteiger charge is 2.15. The molecule has 0 amide bonds. The maximum atomic E-state index is 5.55. The lowest BCUT2D eigenvalue weighted by Gasteiger charge is -2.24. The van der Waals surface area contributed by atoms with Crippen LogP contribution in [-0.4, -0.2) is 7.85 Å². The molecular weight excluding hydrogens is 107 g/mol. The average Bonchev–Trinajstić information content (AvgIpc) is 1.90. The van der Waals surface area contributed by atoms with Crippen LogP contribution in [0.5, 0.6) is 0 Å². The SMILES string of the molecule is [B]CC1CCC(C)CC1. The van der Waals surface area contributed by atoms with Crippen LogP contribution < -0.4 is 0 Å². The third kappa shape index (κ3) is 2.04. The highest BCUT2D eigenvalue weighted by molar-refractivity contribution is 6.08. The molecule has 0 aromatic carbocycles. The van der Waals surface area contributed by atoms with Crippen molar-refractivity contribution in [2.45, 2.75) is 38.9 Å². The molecule has 1 saturated carbocycles. The van der Waals surface area contributed by atoms with Gasteiger partial charge in [0.05, 0.1) is 7.85 Å². The fourth-order valence-corrected chi connectivity index (χ4v) is 1.56. The maximum Gasteiger partial charge on any atom is 0.0656 e. The molecule has 2 radical (unpaired) electrons. The van der Waals surface area contributed by atoms with Gasteiger partial charge < -0.3 is 0 Å². The van der Waals surface area contributed by atoms with Crippen LogP contribution in [0.4, 0.5) is 0 Å².